The first kappa shape index (κ1) is 31.6. The van der Waals surface area contributed by atoms with Gasteiger partial charge >= 0.3 is 6.01 Å². The fourth-order valence-electron chi connectivity index (χ4n) is 4.45. The normalized spacial score (nSPS) is 12.6. The number of unbranched alkanes of at least 4 members (excludes halogenated alkanes) is 13. The van der Waals surface area contributed by atoms with Gasteiger partial charge in [0.2, 0.25) is 10.0 Å². The molecule has 37 heavy (non-hydrogen) atoms. The Morgan fingerprint density at radius 2 is 1.35 bits per heavy atom. The smallest absolute Gasteiger partial charge is 0.316 e. The van der Waals surface area contributed by atoms with E-state index in [-0.39, 0.29) is 4.90 Å². The highest BCUT2D eigenvalue weighted by atomic mass is 35.5. The van der Waals surface area contributed by atoms with Crippen LogP contribution in [0.3, 0.4) is 0 Å². The van der Waals surface area contributed by atoms with Crippen LogP contribution in [0.4, 0.5) is 0 Å². The second kappa shape index (κ2) is 17.8. The predicted molar refractivity (Wildman–Crippen MR) is 152 cm³/mol. The summed E-state index contributed by atoms with van der Waals surface area (Å²) in [6.45, 7) is 7.16. The number of aromatic nitrogens is 3. The van der Waals surface area contributed by atoms with Crippen LogP contribution in [-0.4, -0.2) is 29.8 Å². The van der Waals surface area contributed by atoms with Crippen LogP contribution < -0.4 is 9.46 Å². The van der Waals surface area contributed by atoms with Gasteiger partial charge in [-0.05, 0) is 44.5 Å². The van der Waals surface area contributed by atoms with E-state index in [2.05, 4.69) is 21.8 Å². The highest BCUT2D eigenvalue weighted by Gasteiger charge is 2.23. The van der Waals surface area contributed by atoms with Gasteiger partial charge in [0.15, 0.2) is 5.82 Å². The highest BCUT2D eigenvalue weighted by Crippen LogP contribution is 2.21. The maximum Gasteiger partial charge on any atom is 0.316 e. The SMILES string of the molecule is CCCCCCCCCCCCCCCCOc1nnc([C@@H](C)NS(=O)(=O)c2ccc(Cl)cc2)n1CC. The largest absolute Gasteiger partial charge is 0.464 e. The van der Waals surface area contributed by atoms with Gasteiger partial charge in [0.1, 0.15) is 0 Å². The summed E-state index contributed by atoms with van der Waals surface area (Å²) < 4.78 is 35.8. The highest BCUT2D eigenvalue weighted by molar-refractivity contribution is 7.89. The van der Waals surface area contributed by atoms with E-state index in [1.54, 1.807) is 19.1 Å². The number of hydrogen-bond acceptors (Lipinski definition) is 5. The van der Waals surface area contributed by atoms with Gasteiger partial charge in [0, 0.05) is 11.6 Å². The summed E-state index contributed by atoms with van der Waals surface area (Å²) in [5.74, 6) is 0.524. The zero-order valence-electron chi connectivity index (χ0n) is 23.1. The molecule has 1 N–H and O–H groups in total. The number of ether oxygens (including phenoxy) is 1. The van der Waals surface area contributed by atoms with Crippen molar-refractivity contribution < 1.29 is 13.2 Å². The van der Waals surface area contributed by atoms with Crippen molar-refractivity contribution in [1.29, 1.82) is 0 Å². The second-order valence-electron chi connectivity index (χ2n) is 9.83. The van der Waals surface area contributed by atoms with Crippen molar-refractivity contribution in [2.75, 3.05) is 6.61 Å². The van der Waals surface area contributed by atoms with Crippen molar-refractivity contribution in [1.82, 2.24) is 19.5 Å². The van der Waals surface area contributed by atoms with E-state index in [4.69, 9.17) is 16.3 Å². The number of halogens is 1. The lowest BCUT2D eigenvalue weighted by Crippen LogP contribution is -2.29. The van der Waals surface area contributed by atoms with Crippen LogP contribution in [0, 0.1) is 0 Å². The average Bonchev–Trinajstić information content (AvgIpc) is 3.29. The molecular formula is C28H47ClN4O3S. The van der Waals surface area contributed by atoms with Gasteiger partial charge in [0.05, 0.1) is 17.5 Å². The predicted octanol–water partition coefficient (Wildman–Crippen LogP) is 7.85. The van der Waals surface area contributed by atoms with Crippen LogP contribution in [0.25, 0.3) is 0 Å². The summed E-state index contributed by atoms with van der Waals surface area (Å²) in [4.78, 5) is 0.153. The summed E-state index contributed by atoms with van der Waals surface area (Å²) in [7, 11) is -3.71. The number of nitrogens with zero attached hydrogens (tertiary/aromatic N) is 3. The summed E-state index contributed by atoms with van der Waals surface area (Å²) in [6, 6.07) is 5.94. The number of nitrogens with one attached hydrogen (secondary N) is 1. The number of sulfonamides is 1. The van der Waals surface area contributed by atoms with Gasteiger partial charge in [-0.1, -0.05) is 107 Å². The molecule has 0 amide bonds. The van der Waals surface area contributed by atoms with Crippen molar-refractivity contribution in [2.24, 2.45) is 0 Å². The molecule has 0 fully saturated rings. The molecule has 2 rings (SSSR count). The molecule has 210 valence electrons. The fourth-order valence-corrected chi connectivity index (χ4v) is 5.78. The molecule has 0 aliphatic carbocycles. The summed E-state index contributed by atoms with van der Waals surface area (Å²) in [5.41, 5.74) is 0. The van der Waals surface area contributed by atoms with E-state index in [1.807, 2.05) is 11.5 Å². The third-order valence-corrected chi connectivity index (χ3v) is 8.44. The standard InChI is InChI=1S/C28H47ClN4O3S/c1-4-6-7-8-9-10-11-12-13-14-15-16-17-18-23-36-28-31-30-27(33(28)5-2)24(3)32-37(34,35)26-21-19-25(29)20-22-26/h19-22,24,32H,4-18,23H2,1-3H3/t24-/m1/s1. The molecule has 0 aliphatic rings. The van der Waals surface area contributed by atoms with E-state index >= 15 is 0 Å². The van der Waals surface area contributed by atoms with Gasteiger partial charge in [-0.15, -0.1) is 5.10 Å². The topological polar surface area (TPSA) is 86.1 Å². The minimum absolute atomic E-state index is 0.153. The Labute approximate surface area is 229 Å². The molecule has 0 spiro atoms. The summed E-state index contributed by atoms with van der Waals surface area (Å²) >= 11 is 5.87. The van der Waals surface area contributed by atoms with Crippen molar-refractivity contribution in [3.8, 4) is 6.01 Å². The maximum absolute atomic E-state index is 12.7. The summed E-state index contributed by atoms with van der Waals surface area (Å²) in [6.07, 6.45) is 18.4. The second-order valence-corrected chi connectivity index (χ2v) is 12.0. The zero-order chi connectivity index (χ0) is 26.9. The third kappa shape index (κ3) is 11.7. The Morgan fingerprint density at radius 1 is 0.838 bits per heavy atom. The number of rotatable bonds is 21. The van der Waals surface area contributed by atoms with Crippen molar-refractivity contribution >= 4 is 21.6 Å². The van der Waals surface area contributed by atoms with Crippen molar-refractivity contribution in [3.63, 3.8) is 0 Å². The molecule has 9 heteroatoms. The van der Waals surface area contributed by atoms with Crippen molar-refractivity contribution in [3.05, 3.63) is 35.1 Å². The van der Waals surface area contributed by atoms with Gasteiger partial charge in [-0.2, -0.15) is 0 Å². The first-order valence-electron chi connectivity index (χ1n) is 14.2. The number of hydrogen-bond donors (Lipinski definition) is 1. The van der Waals surface area contributed by atoms with Gasteiger partial charge in [-0.3, -0.25) is 4.57 Å². The Balaban J connectivity index is 1.63. The Hall–Kier alpha value is -1.64. The molecule has 7 nitrogen and oxygen atoms in total. The Morgan fingerprint density at radius 3 is 1.86 bits per heavy atom. The zero-order valence-corrected chi connectivity index (χ0v) is 24.6. The minimum atomic E-state index is -3.71. The lowest BCUT2D eigenvalue weighted by molar-refractivity contribution is 0.267. The van der Waals surface area contributed by atoms with Crippen LogP contribution >= 0.6 is 11.6 Å². The molecular weight excluding hydrogens is 508 g/mol. The minimum Gasteiger partial charge on any atom is -0.464 e. The molecule has 0 radical (unpaired) electrons. The van der Waals surface area contributed by atoms with E-state index in [0.717, 1.165) is 12.8 Å². The lowest BCUT2D eigenvalue weighted by atomic mass is 10.0. The molecule has 1 aromatic carbocycles. The molecule has 1 aromatic heterocycles. The van der Waals surface area contributed by atoms with Crippen LogP contribution in [0.15, 0.2) is 29.2 Å². The van der Waals surface area contributed by atoms with E-state index < -0.39 is 16.1 Å². The molecule has 1 heterocycles. The van der Waals surface area contributed by atoms with E-state index in [0.29, 0.717) is 30.0 Å². The molecule has 2 aromatic rings. The van der Waals surface area contributed by atoms with Gasteiger partial charge < -0.3 is 4.74 Å². The van der Waals surface area contributed by atoms with Gasteiger partial charge in [-0.25, -0.2) is 13.1 Å². The first-order chi connectivity index (χ1) is 17.9. The molecule has 0 saturated carbocycles. The first-order valence-corrected chi connectivity index (χ1v) is 16.1. The Bertz CT molecular complexity index is 980. The van der Waals surface area contributed by atoms with Crippen molar-refractivity contribution in [2.45, 2.75) is 128 Å². The van der Waals surface area contributed by atoms with E-state index in [1.165, 1.54) is 89.2 Å². The third-order valence-electron chi connectivity index (χ3n) is 6.63. The summed E-state index contributed by atoms with van der Waals surface area (Å²) in [5, 5.41) is 8.86. The Kier molecular flexibility index (Phi) is 15.2. The van der Waals surface area contributed by atoms with Crippen LogP contribution in [0.1, 0.15) is 123 Å². The number of benzene rings is 1. The van der Waals surface area contributed by atoms with E-state index in [9.17, 15) is 8.42 Å². The van der Waals surface area contributed by atoms with Gasteiger partial charge in [0.25, 0.3) is 0 Å². The maximum atomic E-state index is 12.7. The lowest BCUT2D eigenvalue weighted by Gasteiger charge is -2.15. The molecule has 0 aliphatic heterocycles. The molecule has 0 unspecified atom stereocenters. The van der Waals surface area contributed by atoms with Crippen LogP contribution in [-0.2, 0) is 16.6 Å². The molecule has 1 atom stereocenters. The fraction of sp³-hybridized carbons (Fsp3) is 0.714. The average molecular weight is 555 g/mol. The monoisotopic (exact) mass is 554 g/mol. The molecule has 0 bridgehead atoms. The molecule has 0 saturated heterocycles. The quantitative estimate of drug-likeness (QED) is 0.159. The van der Waals surface area contributed by atoms with Crippen LogP contribution in [0.2, 0.25) is 5.02 Å². The van der Waals surface area contributed by atoms with Crippen LogP contribution in [0.5, 0.6) is 6.01 Å².